The summed E-state index contributed by atoms with van der Waals surface area (Å²) in [6.07, 6.45) is 4.67. The highest BCUT2D eigenvalue weighted by atomic mass is 16.2. The summed E-state index contributed by atoms with van der Waals surface area (Å²) in [6.45, 7) is 3.74. The summed E-state index contributed by atoms with van der Waals surface area (Å²) in [5.74, 6) is -1.74. The van der Waals surface area contributed by atoms with E-state index in [4.69, 9.17) is 0 Å². The molecule has 1 atom stereocenters. The van der Waals surface area contributed by atoms with E-state index in [1.54, 1.807) is 36.1 Å². The second-order valence-electron chi connectivity index (χ2n) is 6.21. The van der Waals surface area contributed by atoms with Crippen molar-refractivity contribution < 1.29 is 9.59 Å². The highest BCUT2D eigenvalue weighted by Gasteiger charge is 2.41. The number of aromatic nitrogens is 4. The molecule has 0 unspecified atom stereocenters. The summed E-state index contributed by atoms with van der Waals surface area (Å²) in [4.78, 5) is 34.3. The number of pyridine rings is 1. The third-order valence-corrected chi connectivity index (χ3v) is 4.38. The summed E-state index contributed by atoms with van der Waals surface area (Å²) in [6, 6.07) is 5.34. The number of rotatable bonds is 3. The summed E-state index contributed by atoms with van der Waals surface area (Å²) >= 11 is 0. The van der Waals surface area contributed by atoms with Gasteiger partial charge in [-0.2, -0.15) is 10.2 Å². The fraction of sp³-hybridized carbons (Fsp3) is 0.222. The molecule has 3 aromatic rings. The van der Waals surface area contributed by atoms with Gasteiger partial charge >= 0.3 is 0 Å². The predicted octanol–water partition coefficient (Wildman–Crippen LogP) is 1.42. The highest BCUT2D eigenvalue weighted by Crippen LogP contribution is 2.25. The van der Waals surface area contributed by atoms with Crippen molar-refractivity contribution in [2.75, 3.05) is 7.05 Å². The van der Waals surface area contributed by atoms with Gasteiger partial charge in [0.1, 0.15) is 5.92 Å². The van der Waals surface area contributed by atoms with Gasteiger partial charge in [-0.1, -0.05) is 0 Å². The Balaban J connectivity index is 1.83. The first-order valence-corrected chi connectivity index (χ1v) is 8.10. The molecule has 26 heavy (non-hydrogen) atoms. The molecular weight excluding hydrogens is 332 g/mol. The minimum absolute atomic E-state index is 0.312. The molecule has 0 saturated heterocycles. The summed E-state index contributed by atoms with van der Waals surface area (Å²) in [5.41, 5.74) is 3.50. The fourth-order valence-corrected chi connectivity index (χ4v) is 3.16. The third kappa shape index (κ3) is 2.38. The van der Waals surface area contributed by atoms with Crippen molar-refractivity contribution in [3.8, 4) is 0 Å². The minimum atomic E-state index is -1.02. The van der Waals surface area contributed by atoms with Gasteiger partial charge in [0.2, 0.25) is 0 Å². The Morgan fingerprint density at radius 3 is 2.65 bits per heavy atom. The maximum atomic E-state index is 13.2. The van der Waals surface area contributed by atoms with Gasteiger partial charge in [-0.05, 0) is 32.0 Å². The van der Waals surface area contributed by atoms with E-state index in [0.717, 1.165) is 11.4 Å². The Morgan fingerprint density at radius 2 is 1.92 bits per heavy atom. The number of hydrogen-bond acceptors (Lipinski definition) is 6. The lowest BCUT2D eigenvalue weighted by Gasteiger charge is -2.10. The van der Waals surface area contributed by atoms with E-state index in [9.17, 15) is 9.59 Å². The van der Waals surface area contributed by atoms with E-state index >= 15 is 0 Å². The molecule has 0 N–H and O–H groups in total. The Bertz CT molecular complexity index is 1070. The Labute approximate surface area is 149 Å². The van der Waals surface area contributed by atoms with Crippen LogP contribution in [-0.4, -0.2) is 49.0 Å². The molecule has 130 valence electrons. The molecule has 1 amide bonds. The van der Waals surface area contributed by atoms with Crippen LogP contribution in [0.3, 0.4) is 0 Å². The number of carbonyl (C=O) groups excluding carboxylic acids is 2. The summed E-state index contributed by atoms with van der Waals surface area (Å²) in [7, 11) is 1.54. The first-order valence-electron chi connectivity index (χ1n) is 8.10. The van der Waals surface area contributed by atoms with Gasteiger partial charge in [0.25, 0.3) is 5.91 Å². The summed E-state index contributed by atoms with van der Waals surface area (Å²) < 4.78 is 1.60. The van der Waals surface area contributed by atoms with Gasteiger partial charge in [0, 0.05) is 36.4 Å². The molecule has 4 rings (SSSR count). The van der Waals surface area contributed by atoms with Gasteiger partial charge in [-0.3, -0.25) is 14.6 Å². The van der Waals surface area contributed by atoms with Crippen molar-refractivity contribution in [1.82, 2.24) is 24.6 Å². The quantitative estimate of drug-likeness (QED) is 0.527. The number of amides is 1. The number of Topliss-reactive ketones (excluding diaryl/α,β-unsaturated/α-hetero) is 1. The highest BCUT2D eigenvalue weighted by molar-refractivity contribution is 6.32. The van der Waals surface area contributed by atoms with Crippen molar-refractivity contribution in [1.29, 1.82) is 0 Å². The van der Waals surface area contributed by atoms with E-state index in [-0.39, 0.29) is 11.7 Å². The summed E-state index contributed by atoms with van der Waals surface area (Å²) in [5, 5.41) is 9.73. The number of hydrazone groups is 1. The topological polar surface area (TPSA) is 92.8 Å². The largest absolute Gasteiger partial charge is 0.293 e. The van der Waals surface area contributed by atoms with Gasteiger partial charge < -0.3 is 0 Å². The molecule has 0 aliphatic carbocycles. The predicted molar refractivity (Wildman–Crippen MR) is 93.8 cm³/mol. The molecule has 8 heteroatoms. The van der Waals surface area contributed by atoms with Gasteiger partial charge in [-0.25, -0.2) is 14.5 Å². The van der Waals surface area contributed by atoms with Crippen LogP contribution in [0.2, 0.25) is 0 Å². The molecule has 0 fully saturated rings. The molecule has 0 radical (unpaired) electrons. The van der Waals surface area contributed by atoms with Crippen LogP contribution in [0.5, 0.6) is 0 Å². The zero-order chi connectivity index (χ0) is 18.4. The van der Waals surface area contributed by atoms with Crippen molar-refractivity contribution >= 4 is 23.0 Å². The van der Waals surface area contributed by atoms with Crippen LogP contribution < -0.4 is 0 Å². The molecule has 0 saturated carbocycles. The van der Waals surface area contributed by atoms with E-state index in [0.29, 0.717) is 22.5 Å². The van der Waals surface area contributed by atoms with E-state index < -0.39 is 5.92 Å². The number of nitrogens with zero attached hydrogens (tertiary/aromatic N) is 6. The average molecular weight is 348 g/mol. The van der Waals surface area contributed by atoms with Crippen molar-refractivity contribution in [3.05, 3.63) is 59.3 Å². The zero-order valence-corrected chi connectivity index (χ0v) is 14.5. The number of fused-ring (bicyclic) bond motifs is 1. The lowest BCUT2D eigenvalue weighted by molar-refractivity contribution is -0.129. The molecule has 4 heterocycles. The lowest BCUT2D eigenvalue weighted by atomic mass is 9.90. The van der Waals surface area contributed by atoms with Crippen molar-refractivity contribution in [2.45, 2.75) is 13.8 Å². The second-order valence-corrected chi connectivity index (χ2v) is 6.21. The lowest BCUT2D eigenvalue weighted by Crippen LogP contribution is -2.32. The van der Waals surface area contributed by atoms with Crippen LogP contribution >= 0.6 is 0 Å². The smallest absolute Gasteiger partial charge is 0.259 e. The standard InChI is InChI=1S/C18H16N6O2/c1-10-8-11(2)24-17(21-10)13(9-20-24)16(25)14-15(22-23(3)18(14)26)12-4-6-19-7-5-12/h4-9,14H,1-3H3/t14-/m1/s1. The monoisotopic (exact) mass is 348 g/mol. The average Bonchev–Trinajstić information content (AvgIpc) is 3.17. The van der Waals surface area contributed by atoms with E-state index in [2.05, 4.69) is 20.2 Å². The molecular formula is C18H16N6O2. The number of aryl methyl sites for hydroxylation is 2. The first-order chi connectivity index (χ1) is 12.5. The molecule has 0 bridgehead atoms. The maximum Gasteiger partial charge on any atom is 0.259 e. The van der Waals surface area contributed by atoms with Crippen LogP contribution in [0, 0.1) is 19.8 Å². The number of hydrogen-bond donors (Lipinski definition) is 0. The Hall–Kier alpha value is -3.42. The molecule has 0 aromatic carbocycles. The first kappa shape index (κ1) is 16.1. The Kier molecular flexibility index (Phi) is 3.61. The van der Waals surface area contributed by atoms with Crippen LogP contribution in [0.25, 0.3) is 5.65 Å². The molecule has 8 nitrogen and oxygen atoms in total. The van der Waals surface area contributed by atoms with Gasteiger partial charge in [-0.15, -0.1) is 0 Å². The normalized spacial score (nSPS) is 17.0. The zero-order valence-electron chi connectivity index (χ0n) is 14.5. The van der Waals surface area contributed by atoms with Crippen LogP contribution in [0.15, 0.2) is 41.9 Å². The minimum Gasteiger partial charge on any atom is -0.293 e. The molecule has 1 aliphatic heterocycles. The fourth-order valence-electron chi connectivity index (χ4n) is 3.16. The third-order valence-electron chi connectivity index (χ3n) is 4.38. The molecule has 0 spiro atoms. The van der Waals surface area contributed by atoms with E-state index in [1.807, 2.05) is 19.9 Å². The molecule has 1 aliphatic rings. The second kappa shape index (κ2) is 5.83. The van der Waals surface area contributed by atoms with E-state index in [1.165, 1.54) is 11.2 Å². The van der Waals surface area contributed by atoms with Crippen LogP contribution in [0.4, 0.5) is 0 Å². The SMILES string of the molecule is Cc1cc(C)n2ncc(C(=O)[C@@H]3C(=O)N(C)N=C3c3ccncc3)c2n1. The van der Waals surface area contributed by atoms with Gasteiger partial charge in [0.05, 0.1) is 17.5 Å². The van der Waals surface area contributed by atoms with Crippen LogP contribution in [0.1, 0.15) is 27.3 Å². The van der Waals surface area contributed by atoms with Crippen molar-refractivity contribution in [3.63, 3.8) is 0 Å². The maximum absolute atomic E-state index is 13.2. The van der Waals surface area contributed by atoms with Crippen LogP contribution in [-0.2, 0) is 4.79 Å². The number of ketones is 1. The number of carbonyl (C=O) groups is 2. The Morgan fingerprint density at radius 1 is 1.19 bits per heavy atom. The van der Waals surface area contributed by atoms with Gasteiger partial charge in [0.15, 0.2) is 11.4 Å². The molecule has 3 aromatic heterocycles. The van der Waals surface area contributed by atoms with Crippen molar-refractivity contribution in [2.24, 2.45) is 11.0 Å².